The summed E-state index contributed by atoms with van der Waals surface area (Å²) in [6.45, 7) is 1.94. The first kappa shape index (κ1) is 15.6. The highest BCUT2D eigenvalue weighted by atomic mass is 16.5. The van der Waals surface area contributed by atoms with Crippen molar-refractivity contribution in [2.45, 2.75) is 44.4 Å². The molecule has 1 aromatic rings. The number of likely N-dealkylation sites (tertiary alicyclic amines) is 1. The number of morpholine rings is 1. The molecule has 2 heterocycles. The van der Waals surface area contributed by atoms with Crippen molar-refractivity contribution in [3.8, 4) is 0 Å². The van der Waals surface area contributed by atoms with E-state index in [4.69, 9.17) is 4.74 Å². The molecule has 3 aliphatic rings. The van der Waals surface area contributed by atoms with Gasteiger partial charge in [0.25, 0.3) is 0 Å². The van der Waals surface area contributed by atoms with Gasteiger partial charge in [0.1, 0.15) is 6.61 Å². The van der Waals surface area contributed by atoms with E-state index in [1.54, 1.807) is 0 Å². The molecule has 2 saturated heterocycles. The quantitative estimate of drug-likeness (QED) is 0.847. The second-order valence-corrected chi connectivity index (χ2v) is 7.22. The van der Waals surface area contributed by atoms with E-state index in [-0.39, 0.29) is 30.6 Å². The van der Waals surface area contributed by atoms with E-state index in [0.717, 1.165) is 5.56 Å². The summed E-state index contributed by atoms with van der Waals surface area (Å²) in [5.74, 6) is 0.821. The van der Waals surface area contributed by atoms with Crippen molar-refractivity contribution in [3.05, 3.63) is 35.9 Å². The Kier molecular flexibility index (Phi) is 4.27. The molecule has 0 unspecified atom stereocenters. The third kappa shape index (κ3) is 3.05. The van der Waals surface area contributed by atoms with Gasteiger partial charge in [-0.05, 0) is 24.3 Å². The summed E-state index contributed by atoms with van der Waals surface area (Å²) < 4.78 is 5.72. The molecule has 5 nitrogen and oxygen atoms in total. The van der Waals surface area contributed by atoms with Crippen molar-refractivity contribution >= 4 is 11.8 Å². The fourth-order valence-corrected chi connectivity index (χ4v) is 3.93. The van der Waals surface area contributed by atoms with Gasteiger partial charge in [-0.25, -0.2) is 0 Å². The second-order valence-electron chi connectivity index (χ2n) is 7.22. The minimum atomic E-state index is -0.0447. The molecule has 1 aliphatic carbocycles. The zero-order valence-electron chi connectivity index (χ0n) is 13.9. The number of amides is 2. The van der Waals surface area contributed by atoms with Gasteiger partial charge >= 0.3 is 0 Å². The van der Waals surface area contributed by atoms with Crippen LogP contribution in [0.4, 0.5) is 0 Å². The lowest BCUT2D eigenvalue weighted by Gasteiger charge is -2.36. The van der Waals surface area contributed by atoms with Crippen molar-refractivity contribution in [1.82, 2.24) is 9.80 Å². The van der Waals surface area contributed by atoms with E-state index in [1.807, 2.05) is 40.1 Å². The monoisotopic (exact) mass is 328 g/mol. The van der Waals surface area contributed by atoms with Crippen LogP contribution in [0.3, 0.4) is 0 Å². The van der Waals surface area contributed by atoms with Crippen LogP contribution in [0.2, 0.25) is 0 Å². The van der Waals surface area contributed by atoms with E-state index < -0.39 is 0 Å². The highest BCUT2D eigenvalue weighted by Crippen LogP contribution is 2.31. The average Bonchev–Trinajstić information content (AvgIpc) is 2.99. The summed E-state index contributed by atoms with van der Waals surface area (Å²) in [6, 6.07) is 10.0. The Hall–Kier alpha value is -1.88. The number of carbonyl (C=O) groups excluding carboxylic acids is 2. The summed E-state index contributed by atoms with van der Waals surface area (Å²) in [5.41, 5.74) is 1.12. The third-order valence-electron chi connectivity index (χ3n) is 5.61. The first-order valence-corrected chi connectivity index (χ1v) is 8.93. The lowest BCUT2D eigenvalue weighted by atomic mass is 9.83. The SMILES string of the molecule is O=C(CC1CCC1)N1C[C@@H]2[C@@H](C1)OCC(=O)N2Cc1ccccc1. The zero-order chi connectivity index (χ0) is 16.5. The van der Waals surface area contributed by atoms with Crippen LogP contribution < -0.4 is 0 Å². The van der Waals surface area contributed by atoms with Gasteiger partial charge in [-0.15, -0.1) is 0 Å². The predicted molar refractivity (Wildman–Crippen MR) is 89.1 cm³/mol. The Morgan fingerprint density at radius 3 is 2.67 bits per heavy atom. The van der Waals surface area contributed by atoms with Gasteiger partial charge in [-0.3, -0.25) is 9.59 Å². The molecule has 1 aromatic carbocycles. The summed E-state index contributed by atoms with van der Waals surface area (Å²) in [6.07, 6.45) is 4.23. The topological polar surface area (TPSA) is 49.9 Å². The van der Waals surface area contributed by atoms with E-state index in [1.165, 1.54) is 19.3 Å². The lowest BCUT2D eigenvalue weighted by molar-refractivity contribution is -0.153. The van der Waals surface area contributed by atoms with Crippen LogP contribution in [0.5, 0.6) is 0 Å². The number of rotatable bonds is 4. The molecule has 2 aliphatic heterocycles. The van der Waals surface area contributed by atoms with Crippen molar-refractivity contribution in [3.63, 3.8) is 0 Å². The summed E-state index contributed by atoms with van der Waals surface area (Å²) in [5, 5.41) is 0. The number of hydrogen-bond donors (Lipinski definition) is 0. The fraction of sp³-hybridized carbons (Fsp3) is 0.579. The van der Waals surface area contributed by atoms with E-state index in [0.29, 0.717) is 32.0 Å². The maximum atomic E-state index is 12.5. The molecule has 3 fully saturated rings. The molecule has 24 heavy (non-hydrogen) atoms. The maximum absolute atomic E-state index is 12.5. The predicted octanol–water partition coefficient (Wildman–Crippen LogP) is 1.81. The Morgan fingerprint density at radius 1 is 1.17 bits per heavy atom. The standard InChI is InChI=1S/C19H24N2O3/c22-18(9-14-7-4-8-14)20-11-16-17(12-20)24-13-19(23)21(16)10-15-5-2-1-3-6-15/h1-3,5-6,14,16-17H,4,7-13H2/t16-,17-/m1/s1. The van der Waals surface area contributed by atoms with Gasteiger partial charge in [0.05, 0.1) is 12.1 Å². The molecule has 2 amide bonds. The maximum Gasteiger partial charge on any atom is 0.249 e. The van der Waals surface area contributed by atoms with E-state index in [2.05, 4.69) is 0 Å². The number of carbonyl (C=O) groups is 2. The molecule has 0 spiro atoms. The van der Waals surface area contributed by atoms with Crippen LogP contribution in [-0.2, 0) is 20.9 Å². The van der Waals surface area contributed by atoms with Crippen molar-refractivity contribution in [2.75, 3.05) is 19.7 Å². The molecule has 128 valence electrons. The minimum Gasteiger partial charge on any atom is -0.364 e. The van der Waals surface area contributed by atoms with Crippen molar-refractivity contribution < 1.29 is 14.3 Å². The van der Waals surface area contributed by atoms with E-state index >= 15 is 0 Å². The van der Waals surface area contributed by atoms with Gasteiger partial charge in [-0.1, -0.05) is 36.8 Å². The highest BCUT2D eigenvalue weighted by Gasteiger charge is 2.44. The van der Waals surface area contributed by atoms with Crippen LogP contribution >= 0.6 is 0 Å². The minimum absolute atomic E-state index is 0.0169. The van der Waals surface area contributed by atoms with Crippen LogP contribution in [0.15, 0.2) is 30.3 Å². The molecule has 0 N–H and O–H groups in total. The normalized spacial score (nSPS) is 27.1. The Morgan fingerprint density at radius 2 is 1.96 bits per heavy atom. The van der Waals surface area contributed by atoms with Crippen LogP contribution in [0.25, 0.3) is 0 Å². The molecular weight excluding hydrogens is 304 g/mol. The molecule has 0 radical (unpaired) electrons. The number of ether oxygens (including phenoxy) is 1. The molecular formula is C19H24N2O3. The molecule has 5 heteroatoms. The first-order valence-electron chi connectivity index (χ1n) is 8.93. The molecule has 0 aromatic heterocycles. The van der Waals surface area contributed by atoms with Gasteiger partial charge < -0.3 is 14.5 Å². The number of benzene rings is 1. The molecule has 1 saturated carbocycles. The number of hydrogen-bond acceptors (Lipinski definition) is 3. The number of fused-ring (bicyclic) bond motifs is 1. The van der Waals surface area contributed by atoms with Crippen LogP contribution in [0.1, 0.15) is 31.2 Å². The van der Waals surface area contributed by atoms with Gasteiger partial charge in [0.2, 0.25) is 11.8 Å². The molecule has 4 rings (SSSR count). The van der Waals surface area contributed by atoms with Gasteiger partial charge in [0, 0.05) is 26.1 Å². The Bertz CT molecular complexity index is 614. The summed E-state index contributed by atoms with van der Waals surface area (Å²) in [4.78, 5) is 28.7. The zero-order valence-corrected chi connectivity index (χ0v) is 13.9. The van der Waals surface area contributed by atoms with Crippen LogP contribution in [0, 0.1) is 5.92 Å². The largest absolute Gasteiger partial charge is 0.364 e. The van der Waals surface area contributed by atoms with Crippen molar-refractivity contribution in [1.29, 1.82) is 0 Å². The highest BCUT2D eigenvalue weighted by molar-refractivity contribution is 5.80. The Labute approximate surface area is 142 Å². The van der Waals surface area contributed by atoms with Gasteiger partial charge in [0.15, 0.2) is 0 Å². The summed E-state index contributed by atoms with van der Waals surface area (Å²) >= 11 is 0. The lowest BCUT2D eigenvalue weighted by Crippen LogP contribution is -2.53. The average molecular weight is 328 g/mol. The van der Waals surface area contributed by atoms with Gasteiger partial charge in [-0.2, -0.15) is 0 Å². The summed E-state index contributed by atoms with van der Waals surface area (Å²) in [7, 11) is 0. The third-order valence-corrected chi connectivity index (χ3v) is 5.61. The molecule has 0 bridgehead atoms. The second kappa shape index (κ2) is 6.55. The molecule has 2 atom stereocenters. The fourth-order valence-electron chi connectivity index (χ4n) is 3.93. The smallest absolute Gasteiger partial charge is 0.249 e. The van der Waals surface area contributed by atoms with E-state index in [9.17, 15) is 9.59 Å². The Balaban J connectivity index is 1.43. The first-order chi connectivity index (χ1) is 11.7. The van der Waals surface area contributed by atoms with Crippen LogP contribution in [-0.4, -0.2) is 53.5 Å². The number of nitrogens with zero attached hydrogens (tertiary/aromatic N) is 2. The van der Waals surface area contributed by atoms with Crippen molar-refractivity contribution in [2.24, 2.45) is 5.92 Å².